The Morgan fingerprint density at radius 1 is 1.25 bits per heavy atom. The molecule has 0 aliphatic heterocycles. The summed E-state index contributed by atoms with van der Waals surface area (Å²) >= 11 is 8.61. The summed E-state index contributed by atoms with van der Waals surface area (Å²) in [4.78, 5) is 0.411. The van der Waals surface area contributed by atoms with E-state index < -0.39 is 0 Å². The maximum absolute atomic E-state index is 5.79. The lowest BCUT2D eigenvalue weighted by Crippen LogP contribution is -2.15. The SMILES string of the molecule is Cc1ccc(C(N)=S)c(NC(C)c2cccc(Br)c2)c1. The van der Waals surface area contributed by atoms with Crippen molar-refractivity contribution >= 4 is 38.8 Å². The standard InChI is InChI=1S/C16H17BrN2S/c1-10-6-7-14(16(18)20)15(8-10)19-11(2)12-4-3-5-13(17)9-12/h3-9,11,19H,1-2H3,(H2,18,20). The second-order valence-corrected chi connectivity index (χ2v) is 6.19. The van der Waals surface area contributed by atoms with E-state index >= 15 is 0 Å². The van der Waals surface area contributed by atoms with Crippen LogP contribution in [0.1, 0.15) is 29.7 Å². The van der Waals surface area contributed by atoms with Gasteiger partial charge in [0.2, 0.25) is 0 Å². The van der Waals surface area contributed by atoms with Crippen LogP contribution in [0.2, 0.25) is 0 Å². The lowest BCUT2D eigenvalue weighted by molar-refractivity contribution is 0.883. The van der Waals surface area contributed by atoms with Crippen LogP contribution in [0.4, 0.5) is 5.69 Å². The molecule has 2 aromatic rings. The molecule has 0 spiro atoms. The van der Waals surface area contributed by atoms with Gasteiger partial charge in [0.25, 0.3) is 0 Å². The van der Waals surface area contributed by atoms with E-state index in [1.807, 2.05) is 24.3 Å². The summed E-state index contributed by atoms with van der Waals surface area (Å²) in [5.74, 6) is 0. The highest BCUT2D eigenvalue weighted by Gasteiger charge is 2.10. The van der Waals surface area contributed by atoms with Crippen molar-refractivity contribution in [1.82, 2.24) is 0 Å². The molecule has 0 bridgehead atoms. The molecule has 2 aromatic carbocycles. The lowest BCUT2D eigenvalue weighted by Gasteiger charge is -2.19. The maximum atomic E-state index is 5.79. The third-order valence-electron chi connectivity index (χ3n) is 3.16. The van der Waals surface area contributed by atoms with Crippen LogP contribution >= 0.6 is 28.1 Å². The molecule has 1 atom stereocenters. The van der Waals surface area contributed by atoms with Gasteiger partial charge in [-0.15, -0.1) is 0 Å². The first-order chi connectivity index (χ1) is 9.47. The van der Waals surface area contributed by atoms with Gasteiger partial charge in [0.1, 0.15) is 4.99 Å². The molecule has 2 rings (SSSR count). The number of hydrogen-bond acceptors (Lipinski definition) is 2. The normalized spacial score (nSPS) is 11.9. The Bertz CT molecular complexity index is 640. The Balaban J connectivity index is 2.29. The molecule has 0 heterocycles. The summed E-state index contributed by atoms with van der Waals surface area (Å²) in [5, 5.41) is 3.49. The molecule has 0 amide bonds. The van der Waals surface area contributed by atoms with Gasteiger partial charge in [-0.2, -0.15) is 0 Å². The van der Waals surface area contributed by atoms with E-state index in [4.69, 9.17) is 18.0 Å². The Hall–Kier alpha value is -1.39. The Morgan fingerprint density at radius 2 is 2.00 bits per heavy atom. The van der Waals surface area contributed by atoms with Crippen LogP contribution < -0.4 is 11.1 Å². The predicted molar refractivity (Wildman–Crippen MR) is 93.2 cm³/mol. The van der Waals surface area contributed by atoms with Gasteiger partial charge in [0.05, 0.1) is 0 Å². The van der Waals surface area contributed by atoms with Crippen molar-refractivity contribution in [2.45, 2.75) is 19.9 Å². The average Bonchev–Trinajstić information content (AvgIpc) is 2.38. The van der Waals surface area contributed by atoms with E-state index in [1.165, 1.54) is 11.1 Å². The van der Waals surface area contributed by atoms with E-state index in [2.05, 4.69) is 53.3 Å². The van der Waals surface area contributed by atoms with E-state index in [0.29, 0.717) is 4.99 Å². The van der Waals surface area contributed by atoms with Crippen molar-refractivity contribution < 1.29 is 0 Å². The molecule has 0 aliphatic carbocycles. The zero-order valence-electron chi connectivity index (χ0n) is 11.5. The van der Waals surface area contributed by atoms with E-state index in [9.17, 15) is 0 Å². The van der Waals surface area contributed by atoms with Gasteiger partial charge in [0, 0.05) is 21.8 Å². The van der Waals surface area contributed by atoms with E-state index in [-0.39, 0.29) is 6.04 Å². The third-order valence-corrected chi connectivity index (χ3v) is 3.87. The highest BCUT2D eigenvalue weighted by Crippen LogP contribution is 2.25. The second kappa shape index (κ2) is 6.37. The van der Waals surface area contributed by atoms with Gasteiger partial charge < -0.3 is 11.1 Å². The van der Waals surface area contributed by atoms with Crippen molar-refractivity contribution in [3.05, 3.63) is 63.6 Å². The molecule has 3 N–H and O–H groups in total. The van der Waals surface area contributed by atoms with Crippen molar-refractivity contribution in [3.8, 4) is 0 Å². The number of halogens is 1. The molecule has 0 saturated heterocycles. The molecule has 1 unspecified atom stereocenters. The Labute approximate surface area is 133 Å². The van der Waals surface area contributed by atoms with Crippen molar-refractivity contribution in [2.75, 3.05) is 5.32 Å². The molecule has 20 heavy (non-hydrogen) atoms. The number of nitrogens with one attached hydrogen (secondary N) is 1. The largest absolute Gasteiger partial charge is 0.389 e. The average molecular weight is 349 g/mol. The number of benzene rings is 2. The zero-order chi connectivity index (χ0) is 14.7. The van der Waals surface area contributed by atoms with Crippen molar-refractivity contribution in [1.29, 1.82) is 0 Å². The van der Waals surface area contributed by atoms with Gasteiger partial charge in [-0.05, 0) is 49.2 Å². The third kappa shape index (κ3) is 3.58. The lowest BCUT2D eigenvalue weighted by atomic mass is 10.1. The minimum absolute atomic E-state index is 0.169. The molecule has 0 aromatic heterocycles. The van der Waals surface area contributed by atoms with Gasteiger partial charge in [-0.25, -0.2) is 0 Å². The minimum Gasteiger partial charge on any atom is -0.389 e. The van der Waals surface area contributed by atoms with E-state index in [1.54, 1.807) is 0 Å². The molecule has 2 nitrogen and oxygen atoms in total. The molecule has 104 valence electrons. The fourth-order valence-corrected chi connectivity index (χ4v) is 2.68. The van der Waals surface area contributed by atoms with Crippen LogP contribution in [0.25, 0.3) is 0 Å². The van der Waals surface area contributed by atoms with Crippen LogP contribution in [0.3, 0.4) is 0 Å². The van der Waals surface area contributed by atoms with E-state index in [0.717, 1.165) is 15.7 Å². The summed E-state index contributed by atoms with van der Waals surface area (Å²) in [6.45, 7) is 4.17. The Kier molecular flexibility index (Phi) is 4.78. The molecule has 0 aliphatic rings. The van der Waals surface area contributed by atoms with Crippen LogP contribution in [0, 0.1) is 6.92 Å². The zero-order valence-corrected chi connectivity index (χ0v) is 13.9. The molecule has 0 fully saturated rings. The molecule has 0 radical (unpaired) electrons. The summed E-state index contributed by atoms with van der Waals surface area (Å²) in [5.41, 5.74) is 10.0. The second-order valence-electron chi connectivity index (χ2n) is 4.83. The van der Waals surface area contributed by atoms with Gasteiger partial charge in [0.15, 0.2) is 0 Å². The van der Waals surface area contributed by atoms with Crippen LogP contribution in [-0.2, 0) is 0 Å². The fourth-order valence-electron chi connectivity index (χ4n) is 2.08. The predicted octanol–water partition coefficient (Wildman–Crippen LogP) is 4.56. The number of thiocarbonyl (C=S) groups is 1. The first-order valence-corrected chi connectivity index (χ1v) is 7.60. The maximum Gasteiger partial charge on any atom is 0.106 e. The van der Waals surface area contributed by atoms with Crippen molar-refractivity contribution in [2.24, 2.45) is 5.73 Å². The molecular weight excluding hydrogens is 332 g/mol. The quantitative estimate of drug-likeness (QED) is 0.795. The summed E-state index contributed by atoms with van der Waals surface area (Å²) < 4.78 is 1.07. The number of anilines is 1. The minimum atomic E-state index is 0.169. The van der Waals surface area contributed by atoms with Crippen LogP contribution in [0.5, 0.6) is 0 Å². The topological polar surface area (TPSA) is 38.0 Å². The number of rotatable bonds is 4. The monoisotopic (exact) mass is 348 g/mol. The van der Waals surface area contributed by atoms with Gasteiger partial charge in [-0.3, -0.25) is 0 Å². The summed E-state index contributed by atoms with van der Waals surface area (Å²) in [6.07, 6.45) is 0. The highest BCUT2D eigenvalue weighted by molar-refractivity contribution is 9.10. The first-order valence-electron chi connectivity index (χ1n) is 6.40. The first kappa shape index (κ1) is 15.0. The summed E-state index contributed by atoms with van der Waals surface area (Å²) in [6, 6.07) is 14.5. The molecule has 0 saturated carbocycles. The summed E-state index contributed by atoms with van der Waals surface area (Å²) in [7, 11) is 0. The fraction of sp³-hybridized carbons (Fsp3) is 0.188. The van der Waals surface area contributed by atoms with Crippen LogP contribution in [-0.4, -0.2) is 4.99 Å². The van der Waals surface area contributed by atoms with Crippen LogP contribution in [0.15, 0.2) is 46.9 Å². The molecular formula is C16H17BrN2S. The van der Waals surface area contributed by atoms with Crippen molar-refractivity contribution in [3.63, 3.8) is 0 Å². The number of nitrogens with two attached hydrogens (primary N) is 1. The van der Waals surface area contributed by atoms with Gasteiger partial charge >= 0.3 is 0 Å². The smallest absolute Gasteiger partial charge is 0.106 e. The number of hydrogen-bond donors (Lipinski definition) is 2. The molecule has 4 heteroatoms. The highest BCUT2D eigenvalue weighted by atomic mass is 79.9. The Morgan fingerprint density at radius 3 is 2.65 bits per heavy atom. The van der Waals surface area contributed by atoms with Gasteiger partial charge in [-0.1, -0.05) is 46.3 Å². The number of aryl methyl sites for hydroxylation is 1.